The van der Waals surface area contributed by atoms with Crippen molar-refractivity contribution in [1.82, 2.24) is 15.3 Å². The van der Waals surface area contributed by atoms with Gasteiger partial charge in [-0.05, 0) is 49.1 Å². The van der Waals surface area contributed by atoms with Crippen molar-refractivity contribution in [3.05, 3.63) is 77.6 Å². The van der Waals surface area contributed by atoms with Gasteiger partial charge >= 0.3 is 0 Å². The number of carbonyl (C=O) groups is 2. The van der Waals surface area contributed by atoms with E-state index in [1.165, 1.54) is 6.20 Å². The lowest BCUT2D eigenvalue weighted by atomic mass is 10.0. The SMILES string of the molecule is CNc1cc2nccc(Oc3ncc(NC(=O)C4(C(=O)NCCc5ccccc5)CC4)cc3Cl)c2cc1OC. The largest absolute Gasteiger partial charge is 0.495 e. The lowest BCUT2D eigenvalue weighted by molar-refractivity contribution is -0.134. The van der Waals surface area contributed by atoms with Gasteiger partial charge in [0, 0.05) is 25.2 Å². The van der Waals surface area contributed by atoms with Crippen LogP contribution >= 0.6 is 11.6 Å². The van der Waals surface area contributed by atoms with Crippen molar-refractivity contribution in [2.24, 2.45) is 5.41 Å². The van der Waals surface area contributed by atoms with E-state index in [1.54, 1.807) is 32.5 Å². The summed E-state index contributed by atoms with van der Waals surface area (Å²) in [4.78, 5) is 34.5. The fourth-order valence-electron chi connectivity index (χ4n) is 4.34. The number of hydrogen-bond acceptors (Lipinski definition) is 7. The Balaban J connectivity index is 1.25. The van der Waals surface area contributed by atoms with Crippen LogP contribution in [-0.2, 0) is 16.0 Å². The summed E-state index contributed by atoms with van der Waals surface area (Å²) in [6.07, 6.45) is 4.76. The molecule has 200 valence electrons. The highest BCUT2D eigenvalue weighted by molar-refractivity contribution is 6.32. The molecule has 2 heterocycles. The summed E-state index contributed by atoms with van der Waals surface area (Å²) in [5, 5.41) is 9.69. The number of amides is 2. The molecule has 1 aliphatic carbocycles. The molecule has 1 saturated carbocycles. The van der Waals surface area contributed by atoms with Gasteiger partial charge in [-0.15, -0.1) is 0 Å². The minimum atomic E-state index is -1.07. The zero-order chi connectivity index (χ0) is 27.4. The molecule has 2 aromatic carbocycles. The van der Waals surface area contributed by atoms with Crippen LogP contribution in [0.15, 0.2) is 67.0 Å². The summed E-state index contributed by atoms with van der Waals surface area (Å²) in [5.41, 5.74) is 1.93. The molecule has 0 aliphatic heterocycles. The highest BCUT2D eigenvalue weighted by Crippen LogP contribution is 2.47. The van der Waals surface area contributed by atoms with E-state index in [1.807, 2.05) is 42.5 Å². The molecule has 0 saturated heterocycles. The number of methoxy groups -OCH3 is 1. The van der Waals surface area contributed by atoms with Gasteiger partial charge in [-0.25, -0.2) is 4.98 Å². The summed E-state index contributed by atoms with van der Waals surface area (Å²) < 4.78 is 11.5. The van der Waals surface area contributed by atoms with Gasteiger partial charge in [0.05, 0.1) is 30.2 Å². The summed E-state index contributed by atoms with van der Waals surface area (Å²) in [6, 6.07) is 16.8. The highest BCUT2D eigenvalue weighted by Gasteiger charge is 2.56. The molecule has 2 amide bonds. The summed E-state index contributed by atoms with van der Waals surface area (Å²) in [5.74, 6) is 0.656. The molecule has 9 nitrogen and oxygen atoms in total. The van der Waals surface area contributed by atoms with Crippen LogP contribution in [0.2, 0.25) is 5.02 Å². The van der Waals surface area contributed by atoms with Crippen LogP contribution in [0.25, 0.3) is 10.9 Å². The molecule has 39 heavy (non-hydrogen) atoms. The molecule has 0 unspecified atom stereocenters. The average molecular weight is 546 g/mol. The van der Waals surface area contributed by atoms with Crippen LogP contribution in [0.5, 0.6) is 17.4 Å². The second-order valence-corrected chi connectivity index (χ2v) is 9.68. The average Bonchev–Trinajstić information content (AvgIpc) is 3.77. The zero-order valence-corrected chi connectivity index (χ0v) is 22.3. The number of pyridine rings is 2. The monoisotopic (exact) mass is 545 g/mol. The Morgan fingerprint density at radius 2 is 1.82 bits per heavy atom. The predicted molar refractivity (Wildman–Crippen MR) is 151 cm³/mol. The second-order valence-electron chi connectivity index (χ2n) is 9.27. The van der Waals surface area contributed by atoms with Crippen LogP contribution in [0.4, 0.5) is 11.4 Å². The van der Waals surface area contributed by atoms with Crippen molar-refractivity contribution in [2.45, 2.75) is 19.3 Å². The zero-order valence-electron chi connectivity index (χ0n) is 21.6. The first-order valence-electron chi connectivity index (χ1n) is 12.5. The molecule has 1 aliphatic rings. The maximum atomic E-state index is 13.0. The first-order chi connectivity index (χ1) is 18.9. The molecule has 0 radical (unpaired) electrons. The number of aromatic nitrogens is 2. The number of nitrogens with zero attached hydrogens (tertiary/aromatic N) is 2. The molecule has 1 fully saturated rings. The van der Waals surface area contributed by atoms with Crippen LogP contribution < -0.4 is 25.4 Å². The van der Waals surface area contributed by atoms with E-state index in [0.717, 1.165) is 16.6 Å². The topological polar surface area (TPSA) is 114 Å². The van der Waals surface area contributed by atoms with Crippen LogP contribution in [0.1, 0.15) is 18.4 Å². The Morgan fingerprint density at radius 3 is 2.51 bits per heavy atom. The second kappa shape index (κ2) is 11.2. The van der Waals surface area contributed by atoms with Crippen LogP contribution in [0.3, 0.4) is 0 Å². The van der Waals surface area contributed by atoms with Gasteiger partial charge in [-0.2, -0.15) is 0 Å². The number of benzene rings is 2. The number of anilines is 2. The Morgan fingerprint density at radius 1 is 1.03 bits per heavy atom. The van der Waals surface area contributed by atoms with E-state index < -0.39 is 5.41 Å². The van der Waals surface area contributed by atoms with Crippen molar-refractivity contribution in [3.8, 4) is 17.4 Å². The van der Waals surface area contributed by atoms with E-state index in [-0.39, 0.29) is 22.7 Å². The first-order valence-corrected chi connectivity index (χ1v) is 12.9. The van der Waals surface area contributed by atoms with Crippen molar-refractivity contribution in [3.63, 3.8) is 0 Å². The number of ether oxygens (including phenoxy) is 2. The third kappa shape index (κ3) is 5.58. The molecule has 0 bridgehead atoms. The summed E-state index contributed by atoms with van der Waals surface area (Å²) >= 11 is 6.47. The fourth-order valence-corrected chi connectivity index (χ4v) is 4.55. The molecule has 10 heteroatoms. The van der Waals surface area contributed by atoms with E-state index in [9.17, 15) is 9.59 Å². The number of nitrogens with one attached hydrogen (secondary N) is 3. The van der Waals surface area contributed by atoms with Gasteiger partial charge in [0.1, 0.15) is 21.9 Å². The van der Waals surface area contributed by atoms with Crippen molar-refractivity contribution in [1.29, 1.82) is 0 Å². The normalized spacial score (nSPS) is 13.4. The minimum Gasteiger partial charge on any atom is -0.495 e. The molecule has 4 aromatic rings. The molecule has 5 rings (SSSR count). The lowest BCUT2D eigenvalue weighted by Gasteiger charge is -2.16. The number of rotatable bonds is 10. The molecule has 0 spiro atoms. The number of hydrogen-bond donors (Lipinski definition) is 3. The molecular formula is C29H28ClN5O4. The van der Waals surface area contributed by atoms with Crippen molar-refractivity contribution in [2.75, 3.05) is 31.3 Å². The van der Waals surface area contributed by atoms with Gasteiger partial charge in [-0.3, -0.25) is 14.6 Å². The Hall–Kier alpha value is -4.37. The molecule has 3 N–H and O–H groups in total. The Labute approximate surface area is 230 Å². The van der Waals surface area contributed by atoms with Crippen molar-refractivity contribution >= 4 is 45.7 Å². The summed E-state index contributed by atoms with van der Waals surface area (Å²) in [7, 11) is 3.39. The Bertz CT molecular complexity index is 1530. The third-order valence-electron chi connectivity index (χ3n) is 6.73. The molecular weight excluding hydrogens is 518 g/mol. The van der Waals surface area contributed by atoms with E-state index in [2.05, 4.69) is 25.9 Å². The molecule has 0 atom stereocenters. The number of fused-ring (bicyclic) bond motifs is 1. The van der Waals surface area contributed by atoms with E-state index in [4.69, 9.17) is 21.1 Å². The van der Waals surface area contributed by atoms with Gasteiger partial charge in [0.2, 0.25) is 17.7 Å². The minimum absolute atomic E-state index is 0.165. The van der Waals surface area contributed by atoms with Crippen molar-refractivity contribution < 1.29 is 19.1 Å². The van der Waals surface area contributed by atoms with Gasteiger partial charge in [0.15, 0.2) is 0 Å². The van der Waals surface area contributed by atoms with Gasteiger partial charge in [-0.1, -0.05) is 41.9 Å². The standard InChI is InChI=1S/C29H28ClN5O4/c1-31-23-16-22-20(15-25(23)38-2)24(9-13-32-22)39-26-21(30)14-19(17-34-26)35-28(37)29(10-11-29)27(36)33-12-8-18-6-4-3-5-7-18/h3-7,9,13-17,31H,8,10-12H2,1-2H3,(H,33,36)(H,35,37). The summed E-state index contributed by atoms with van der Waals surface area (Å²) in [6.45, 7) is 0.461. The number of halogens is 1. The van der Waals surface area contributed by atoms with E-state index in [0.29, 0.717) is 48.5 Å². The fraction of sp³-hybridized carbons (Fsp3) is 0.241. The number of carbonyl (C=O) groups excluding carboxylic acids is 2. The smallest absolute Gasteiger partial charge is 0.240 e. The van der Waals surface area contributed by atoms with Gasteiger partial charge in [0.25, 0.3) is 0 Å². The maximum Gasteiger partial charge on any atom is 0.240 e. The maximum absolute atomic E-state index is 13.0. The Kier molecular flexibility index (Phi) is 7.51. The lowest BCUT2D eigenvalue weighted by Crippen LogP contribution is -2.40. The first kappa shape index (κ1) is 26.2. The van der Waals surface area contributed by atoms with E-state index >= 15 is 0 Å². The van der Waals surface area contributed by atoms with Crippen LogP contribution in [-0.4, -0.2) is 42.5 Å². The quantitative estimate of drug-likeness (QED) is 0.234. The predicted octanol–water partition coefficient (Wildman–Crippen LogP) is 5.20. The van der Waals surface area contributed by atoms with Crippen LogP contribution in [0, 0.1) is 5.41 Å². The highest BCUT2D eigenvalue weighted by atomic mass is 35.5. The third-order valence-corrected chi connectivity index (χ3v) is 7.00. The molecule has 2 aromatic heterocycles. The van der Waals surface area contributed by atoms with Gasteiger partial charge < -0.3 is 25.4 Å².